The molecule has 0 fully saturated rings. The van der Waals surface area contributed by atoms with Gasteiger partial charge in [0.25, 0.3) is 11.8 Å². The number of hydrogen-bond acceptors (Lipinski definition) is 7. The molecule has 2 rings (SSSR count). The quantitative estimate of drug-likeness (QED) is 0.469. The van der Waals surface area contributed by atoms with Crippen LogP contribution in [0.4, 0.5) is 5.69 Å². The highest BCUT2D eigenvalue weighted by Crippen LogP contribution is 2.26. The lowest BCUT2D eigenvalue weighted by molar-refractivity contribution is -0.126. The van der Waals surface area contributed by atoms with Crippen LogP contribution in [-0.4, -0.2) is 46.7 Å². The summed E-state index contributed by atoms with van der Waals surface area (Å²) in [7, 11) is 1.56. The summed E-state index contributed by atoms with van der Waals surface area (Å²) in [5.41, 5.74) is 11.9. The summed E-state index contributed by atoms with van der Waals surface area (Å²) in [4.78, 5) is 39.6. The van der Waals surface area contributed by atoms with E-state index in [0.29, 0.717) is 24.6 Å². The van der Waals surface area contributed by atoms with Gasteiger partial charge in [-0.3, -0.25) is 14.4 Å². The van der Waals surface area contributed by atoms with E-state index in [1.165, 1.54) is 4.90 Å². The van der Waals surface area contributed by atoms with Crippen LogP contribution in [0.5, 0.6) is 5.75 Å². The summed E-state index contributed by atoms with van der Waals surface area (Å²) in [5.74, 6) is -0.467. The molecule has 9 nitrogen and oxygen atoms in total. The van der Waals surface area contributed by atoms with E-state index >= 15 is 0 Å². The van der Waals surface area contributed by atoms with Crippen molar-refractivity contribution < 1.29 is 19.1 Å². The van der Waals surface area contributed by atoms with Crippen molar-refractivity contribution in [3.8, 4) is 5.75 Å². The van der Waals surface area contributed by atoms with Gasteiger partial charge >= 0.3 is 0 Å². The summed E-state index contributed by atoms with van der Waals surface area (Å²) in [6.07, 6.45) is 1.22. The third-order valence-electron chi connectivity index (χ3n) is 4.99. The van der Waals surface area contributed by atoms with E-state index in [1.807, 2.05) is 19.1 Å². The van der Waals surface area contributed by atoms with Crippen LogP contribution >= 0.6 is 11.5 Å². The molecule has 1 heterocycles. The second-order valence-electron chi connectivity index (χ2n) is 7.82. The van der Waals surface area contributed by atoms with Crippen molar-refractivity contribution in [3.05, 3.63) is 40.4 Å². The molecular weight excluding hydrogens is 430 g/mol. The second-order valence-corrected chi connectivity index (χ2v) is 8.59. The van der Waals surface area contributed by atoms with Gasteiger partial charge in [-0.1, -0.05) is 32.9 Å². The highest BCUT2D eigenvalue weighted by molar-refractivity contribution is 7.09. The number of carbonyl (C=O) groups is 3. The molecule has 1 aromatic heterocycles. The van der Waals surface area contributed by atoms with Crippen molar-refractivity contribution in [2.45, 2.75) is 46.2 Å². The van der Waals surface area contributed by atoms with Gasteiger partial charge in [-0.25, -0.2) is 0 Å². The molecule has 1 atom stereocenters. The maximum atomic E-state index is 13.5. The number of primary amides is 1. The van der Waals surface area contributed by atoms with Gasteiger partial charge in [0.05, 0.1) is 12.8 Å². The van der Waals surface area contributed by atoms with Crippen LogP contribution in [0.2, 0.25) is 0 Å². The number of anilines is 1. The van der Waals surface area contributed by atoms with Crippen LogP contribution in [0.25, 0.3) is 0 Å². The lowest BCUT2D eigenvalue weighted by Crippen LogP contribution is -2.49. The Hall–Kier alpha value is -3.14. The molecule has 3 amide bonds. The number of methoxy groups -OCH3 is 1. The summed E-state index contributed by atoms with van der Waals surface area (Å²) in [6, 6.07) is 6.52. The number of carbonyl (C=O) groups excluding carboxylic acids is 3. The largest absolute Gasteiger partial charge is 0.497 e. The Morgan fingerprint density at radius 2 is 2.00 bits per heavy atom. The monoisotopic (exact) mass is 461 g/mol. The Kier molecular flexibility index (Phi) is 9.01. The number of nitrogen functional groups attached to an aromatic ring is 1. The zero-order valence-corrected chi connectivity index (χ0v) is 19.7. The summed E-state index contributed by atoms with van der Waals surface area (Å²) in [6.45, 7) is 6.65. The van der Waals surface area contributed by atoms with Crippen molar-refractivity contribution in [1.29, 1.82) is 0 Å². The Bertz CT molecular complexity index is 960. The van der Waals surface area contributed by atoms with Crippen LogP contribution in [0.3, 0.4) is 0 Å². The molecule has 0 aliphatic rings. The first-order valence-electron chi connectivity index (χ1n) is 10.5. The number of rotatable bonds is 11. The number of hydrogen-bond donors (Lipinski definition) is 3. The lowest BCUT2D eigenvalue weighted by Gasteiger charge is -2.30. The van der Waals surface area contributed by atoms with Gasteiger partial charge in [0.15, 0.2) is 5.69 Å². The molecule has 0 unspecified atom stereocenters. The first kappa shape index (κ1) is 25.1. The van der Waals surface area contributed by atoms with Crippen molar-refractivity contribution in [1.82, 2.24) is 14.6 Å². The minimum absolute atomic E-state index is 0.0711. The van der Waals surface area contributed by atoms with Gasteiger partial charge in [0.1, 0.15) is 16.7 Å². The molecule has 0 bridgehead atoms. The van der Waals surface area contributed by atoms with E-state index in [9.17, 15) is 14.4 Å². The fourth-order valence-electron chi connectivity index (χ4n) is 3.20. The van der Waals surface area contributed by atoms with Gasteiger partial charge in [-0.15, -0.1) is 0 Å². The predicted molar refractivity (Wildman–Crippen MR) is 124 cm³/mol. The number of ether oxygens (including phenoxy) is 1. The van der Waals surface area contributed by atoms with Gasteiger partial charge in [-0.2, -0.15) is 4.37 Å². The standard InChI is InChI=1S/C22H31N5O4S/c1-5-16(21(29)25-10-9-13(2)3)27(12-14-7-6-8-15(11-14)31-4)22(30)19-17(23)18(20(24)28)26-32-19/h6-8,11,13,16H,5,9-10,12,23H2,1-4H3,(H2,24,28)(H,25,29)/t16-/m0/s1. The Balaban J connectivity index is 2.39. The molecule has 0 aliphatic heterocycles. The number of amides is 3. The highest BCUT2D eigenvalue weighted by atomic mass is 32.1. The number of nitrogens with two attached hydrogens (primary N) is 2. The number of aromatic nitrogens is 1. The van der Waals surface area contributed by atoms with Crippen LogP contribution in [-0.2, 0) is 11.3 Å². The normalized spacial score (nSPS) is 11.8. The van der Waals surface area contributed by atoms with Gasteiger partial charge in [-0.05, 0) is 48.0 Å². The lowest BCUT2D eigenvalue weighted by atomic mass is 10.1. The number of nitrogens with zero attached hydrogens (tertiary/aromatic N) is 2. The predicted octanol–water partition coefficient (Wildman–Crippen LogP) is 2.42. The van der Waals surface area contributed by atoms with Crippen LogP contribution in [0.15, 0.2) is 24.3 Å². The molecule has 5 N–H and O–H groups in total. The fourth-order valence-corrected chi connectivity index (χ4v) is 3.96. The minimum atomic E-state index is -0.810. The van der Waals surface area contributed by atoms with Crippen molar-refractivity contribution in [3.63, 3.8) is 0 Å². The van der Waals surface area contributed by atoms with Crippen LogP contribution in [0.1, 0.15) is 59.3 Å². The van der Waals surface area contributed by atoms with Gasteiger partial charge in [0.2, 0.25) is 5.91 Å². The third kappa shape index (κ3) is 6.19. The van der Waals surface area contributed by atoms with E-state index in [-0.39, 0.29) is 28.7 Å². The smallest absolute Gasteiger partial charge is 0.270 e. The van der Waals surface area contributed by atoms with E-state index in [2.05, 4.69) is 23.5 Å². The average molecular weight is 462 g/mol. The van der Waals surface area contributed by atoms with Gasteiger partial charge < -0.3 is 26.4 Å². The van der Waals surface area contributed by atoms with Crippen molar-refractivity contribution in [2.75, 3.05) is 19.4 Å². The van der Waals surface area contributed by atoms with E-state index < -0.39 is 17.9 Å². The first-order valence-corrected chi connectivity index (χ1v) is 11.2. The van der Waals surface area contributed by atoms with E-state index in [4.69, 9.17) is 16.2 Å². The third-order valence-corrected chi connectivity index (χ3v) is 5.84. The highest BCUT2D eigenvalue weighted by Gasteiger charge is 2.32. The van der Waals surface area contributed by atoms with E-state index in [0.717, 1.165) is 23.5 Å². The maximum absolute atomic E-state index is 13.5. The topological polar surface area (TPSA) is 141 Å². The Morgan fingerprint density at radius 3 is 2.56 bits per heavy atom. The molecule has 0 saturated heterocycles. The second kappa shape index (κ2) is 11.5. The first-order chi connectivity index (χ1) is 15.2. The summed E-state index contributed by atoms with van der Waals surface area (Å²) < 4.78 is 9.20. The number of nitrogens with one attached hydrogen (secondary N) is 1. The molecule has 10 heteroatoms. The van der Waals surface area contributed by atoms with Crippen LogP contribution < -0.4 is 21.5 Å². The summed E-state index contributed by atoms with van der Waals surface area (Å²) in [5, 5.41) is 2.92. The molecule has 0 radical (unpaired) electrons. The molecular formula is C22H31N5O4S. The Morgan fingerprint density at radius 1 is 1.28 bits per heavy atom. The zero-order valence-electron chi connectivity index (χ0n) is 18.9. The minimum Gasteiger partial charge on any atom is -0.497 e. The maximum Gasteiger partial charge on any atom is 0.270 e. The SMILES string of the molecule is CC[C@@H](C(=O)NCCC(C)C)N(Cc1cccc(OC)c1)C(=O)c1snc(C(N)=O)c1N. The van der Waals surface area contributed by atoms with Crippen LogP contribution in [0, 0.1) is 5.92 Å². The summed E-state index contributed by atoms with van der Waals surface area (Å²) >= 11 is 0.797. The number of benzene rings is 1. The molecule has 0 spiro atoms. The average Bonchev–Trinajstić information content (AvgIpc) is 3.14. The molecule has 1 aromatic carbocycles. The molecule has 32 heavy (non-hydrogen) atoms. The zero-order chi connectivity index (χ0) is 23.8. The van der Waals surface area contributed by atoms with E-state index in [1.54, 1.807) is 19.2 Å². The molecule has 2 aromatic rings. The van der Waals surface area contributed by atoms with Gasteiger partial charge in [0, 0.05) is 13.1 Å². The molecule has 0 aliphatic carbocycles. The molecule has 0 saturated carbocycles. The van der Waals surface area contributed by atoms with Crippen molar-refractivity contribution >= 4 is 34.9 Å². The van der Waals surface area contributed by atoms with Crippen molar-refractivity contribution in [2.24, 2.45) is 11.7 Å². The Labute approximate surface area is 192 Å². The fraction of sp³-hybridized carbons (Fsp3) is 0.455. The molecule has 174 valence electrons.